The molecule has 0 bridgehead atoms. The molecule has 3 aromatic carbocycles. The number of rotatable bonds is 9. The average molecular weight is 490 g/mol. The third-order valence-corrected chi connectivity index (χ3v) is 6.64. The second-order valence-corrected chi connectivity index (χ2v) is 9.63. The molecule has 0 radical (unpaired) electrons. The Morgan fingerprint density at radius 3 is 2.09 bits per heavy atom. The Labute approximate surface area is 197 Å². The van der Waals surface area contributed by atoms with Gasteiger partial charge in [0.1, 0.15) is 18.4 Å². The van der Waals surface area contributed by atoms with Gasteiger partial charge in [0.05, 0.1) is 12.0 Å². The second-order valence-electron chi connectivity index (χ2n) is 7.92. The first-order valence-corrected chi connectivity index (χ1v) is 12.0. The molecule has 0 fully saturated rings. The summed E-state index contributed by atoms with van der Waals surface area (Å²) < 4.78 is 65.1. The van der Waals surface area contributed by atoms with Gasteiger partial charge in [-0.3, -0.25) is 4.79 Å². The van der Waals surface area contributed by atoms with E-state index in [1.165, 1.54) is 31.4 Å². The quantitative estimate of drug-likeness (QED) is 0.441. The molecule has 3 aromatic rings. The lowest BCUT2D eigenvalue weighted by atomic mass is 10.1. The summed E-state index contributed by atoms with van der Waals surface area (Å²) in [6.07, 6.45) is 0. The van der Waals surface area contributed by atoms with Gasteiger partial charge in [-0.25, -0.2) is 17.2 Å². The van der Waals surface area contributed by atoms with Crippen molar-refractivity contribution < 1.29 is 31.5 Å². The number of benzene rings is 3. The van der Waals surface area contributed by atoms with Crippen molar-refractivity contribution in [1.82, 2.24) is 4.72 Å². The van der Waals surface area contributed by atoms with Crippen molar-refractivity contribution in [3.8, 4) is 16.9 Å². The van der Waals surface area contributed by atoms with E-state index in [1.807, 2.05) is 0 Å². The molecule has 6 nitrogen and oxygen atoms in total. The molecular weight excluding hydrogens is 464 g/mol. The molecule has 0 spiro atoms. The highest BCUT2D eigenvalue weighted by Crippen LogP contribution is 2.25. The maximum absolute atomic E-state index is 13.7. The summed E-state index contributed by atoms with van der Waals surface area (Å²) in [4.78, 5) is 11.9. The van der Waals surface area contributed by atoms with Gasteiger partial charge in [-0.15, -0.1) is 0 Å². The van der Waals surface area contributed by atoms with Crippen molar-refractivity contribution in [1.29, 1.82) is 0 Å². The van der Waals surface area contributed by atoms with Crippen LogP contribution < -0.4 is 9.46 Å². The molecule has 0 aliphatic rings. The summed E-state index contributed by atoms with van der Waals surface area (Å²) in [6, 6.07) is 16.0. The summed E-state index contributed by atoms with van der Waals surface area (Å²) >= 11 is 0. The number of carbonyl (C=O) groups is 1. The van der Waals surface area contributed by atoms with Crippen LogP contribution in [0.5, 0.6) is 5.75 Å². The molecule has 0 aromatic heterocycles. The number of nitrogens with one attached hydrogen (secondary N) is 1. The first-order chi connectivity index (χ1) is 16.1. The number of hydrogen-bond acceptors (Lipinski definition) is 5. The molecule has 0 saturated heterocycles. The Bertz CT molecular complexity index is 1240. The lowest BCUT2D eigenvalue weighted by molar-refractivity contribution is -0.143. The number of sulfonamides is 1. The molecular formula is C25H25F2NO5S. The van der Waals surface area contributed by atoms with E-state index in [4.69, 9.17) is 4.74 Å². The van der Waals surface area contributed by atoms with Crippen LogP contribution >= 0.6 is 0 Å². The van der Waals surface area contributed by atoms with E-state index >= 15 is 0 Å². The van der Waals surface area contributed by atoms with Crippen molar-refractivity contribution in [3.05, 3.63) is 83.9 Å². The highest BCUT2D eigenvalue weighted by molar-refractivity contribution is 7.89. The molecule has 9 heteroatoms. The van der Waals surface area contributed by atoms with Crippen LogP contribution in [0.2, 0.25) is 0 Å². The molecule has 3 rings (SSSR count). The Kier molecular flexibility index (Phi) is 8.01. The van der Waals surface area contributed by atoms with Crippen LogP contribution in [0, 0.1) is 17.6 Å². The smallest absolute Gasteiger partial charge is 0.324 e. The molecule has 0 unspecified atom stereocenters. The van der Waals surface area contributed by atoms with Crippen LogP contribution in [-0.2, 0) is 26.2 Å². The van der Waals surface area contributed by atoms with Gasteiger partial charge < -0.3 is 9.47 Å². The number of ether oxygens (including phenoxy) is 2. The second kappa shape index (κ2) is 10.8. The Morgan fingerprint density at radius 2 is 1.53 bits per heavy atom. The number of halogens is 2. The Morgan fingerprint density at radius 1 is 0.941 bits per heavy atom. The predicted octanol–water partition coefficient (Wildman–Crippen LogP) is 4.69. The Hall–Kier alpha value is -3.30. The van der Waals surface area contributed by atoms with Crippen molar-refractivity contribution in [2.75, 3.05) is 7.11 Å². The van der Waals surface area contributed by atoms with E-state index in [2.05, 4.69) is 9.46 Å². The van der Waals surface area contributed by atoms with Crippen molar-refractivity contribution in [3.63, 3.8) is 0 Å². The molecule has 180 valence electrons. The SMILES string of the molecule is COC(=O)[C@H](NS(=O)(=O)c1ccc(-c2ccc(OCc3cccc(F)c3F)cc2)cc1)C(C)C. The average Bonchev–Trinajstić information content (AvgIpc) is 2.83. The fourth-order valence-corrected chi connectivity index (χ4v) is 4.54. The predicted molar refractivity (Wildman–Crippen MR) is 124 cm³/mol. The van der Waals surface area contributed by atoms with Crippen LogP contribution in [0.3, 0.4) is 0 Å². The van der Waals surface area contributed by atoms with Gasteiger partial charge in [-0.2, -0.15) is 4.72 Å². The molecule has 0 aliphatic carbocycles. The van der Waals surface area contributed by atoms with Gasteiger partial charge in [0, 0.05) is 5.56 Å². The van der Waals surface area contributed by atoms with Crippen LogP contribution in [0.4, 0.5) is 8.78 Å². The normalized spacial score (nSPS) is 12.4. The maximum atomic E-state index is 13.7. The van der Waals surface area contributed by atoms with Gasteiger partial charge in [0.2, 0.25) is 10.0 Å². The summed E-state index contributed by atoms with van der Waals surface area (Å²) in [7, 11) is -2.73. The van der Waals surface area contributed by atoms with Crippen molar-refractivity contribution >= 4 is 16.0 Å². The fourth-order valence-electron chi connectivity index (χ4n) is 3.21. The minimum Gasteiger partial charge on any atom is -0.489 e. The lowest BCUT2D eigenvalue weighted by Crippen LogP contribution is -2.44. The molecule has 0 saturated carbocycles. The van der Waals surface area contributed by atoms with Gasteiger partial charge in [0.25, 0.3) is 0 Å². The maximum Gasteiger partial charge on any atom is 0.324 e. The number of esters is 1. The number of hydrogen-bond donors (Lipinski definition) is 1. The topological polar surface area (TPSA) is 81.7 Å². The van der Waals surface area contributed by atoms with Crippen molar-refractivity contribution in [2.45, 2.75) is 31.4 Å². The molecule has 0 amide bonds. The van der Waals surface area contributed by atoms with Gasteiger partial charge in [-0.05, 0) is 47.4 Å². The van der Waals surface area contributed by atoms with Crippen molar-refractivity contribution in [2.24, 2.45) is 5.92 Å². The minimum absolute atomic E-state index is 0.0166. The summed E-state index contributed by atoms with van der Waals surface area (Å²) in [5.74, 6) is -2.34. The zero-order valence-electron chi connectivity index (χ0n) is 18.9. The lowest BCUT2D eigenvalue weighted by Gasteiger charge is -2.19. The minimum atomic E-state index is -3.93. The number of methoxy groups -OCH3 is 1. The van der Waals surface area contributed by atoms with E-state index in [0.717, 1.165) is 17.2 Å². The van der Waals surface area contributed by atoms with E-state index in [1.54, 1.807) is 50.2 Å². The van der Waals surface area contributed by atoms with Gasteiger partial charge in [0.15, 0.2) is 11.6 Å². The van der Waals surface area contributed by atoms with E-state index in [-0.39, 0.29) is 23.0 Å². The van der Waals surface area contributed by atoms with Crippen LogP contribution in [0.15, 0.2) is 71.6 Å². The van der Waals surface area contributed by atoms with Crippen LogP contribution in [0.1, 0.15) is 19.4 Å². The molecule has 0 heterocycles. The summed E-state index contributed by atoms with van der Waals surface area (Å²) in [6.45, 7) is 3.32. The van der Waals surface area contributed by atoms with Gasteiger partial charge in [-0.1, -0.05) is 50.2 Å². The van der Waals surface area contributed by atoms with Crippen LogP contribution in [-0.4, -0.2) is 27.5 Å². The molecule has 1 atom stereocenters. The van der Waals surface area contributed by atoms with E-state index < -0.39 is 33.7 Å². The molecule has 1 N–H and O–H groups in total. The summed E-state index contributed by atoms with van der Waals surface area (Å²) in [5.41, 5.74) is 1.67. The fraction of sp³-hybridized carbons (Fsp3) is 0.240. The Balaban J connectivity index is 1.69. The monoisotopic (exact) mass is 489 g/mol. The van der Waals surface area contributed by atoms with E-state index in [0.29, 0.717) is 5.75 Å². The highest BCUT2D eigenvalue weighted by Gasteiger charge is 2.29. The summed E-state index contributed by atoms with van der Waals surface area (Å²) in [5, 5.41) is 0. The molecule has 34 heavy (non-hydrogen) atoms. The first kappa shape index (κ1) is 25.3. The van der Waals surface area contributed by atoms with E-state index in [9.17, 15) is 22.0 Å². The van der Waals surface area contributed by atoms with Crippen LogP contribution in [0.25, 0.3) is 11.1 Å². The van der Waals surface area contributed by atoms with Gasteiger partial charge >= 0.3 is 5.97 Å². The third kappa shape index (κ3) is 5.98. The number of carbonyl (C=O) groups excluding carboxylic acids is 1. The highest BCUT2D eigenvalue weighted by atomic mass is 32.2. The standard InChI is InChI=1S/C25H25F2NO5S/c1-16(2)24(25(29)32-3)28-34(30,31)21-13-9-18(10-14-21)17-7-11-20(12-8-17)33-15-19-5-4-6-22(26)23(19)27/h4-14,16,24,28H,15H2,1-3H3/t24-/m1/s1. The third-order valence-electron chi connectivity index (χ3n) is 5.18. The zero-order valence-corrected chi connectivity index (χ0v) is 19.7. The first-order valence-electron chi connectivity index (χ1n) is 10.5. The largest absolute Gasteiger partial charge is 0.489 e. The zero-order chi connectivity index (χ0) is 24.9. The molecule has 0 aliphatic heterocycles.